The van der Waals surface area contributed by atoms with Crippen molar-refractivity contribution in [3.05, 3.63) is 52.1 Å². The van der Waals surface area contributed by atoms with Crippen LogP contribution >= 0.6 is 15.9 Å². The Kier molecular flexibility index (Phi) is 3.66. The molecular formula is C12H8BrFO4. The summed E-state index contributed by atoms with van der Waals surface area (Å²) in [6, 6.07) is 5.41. The first-order valence-electron chi connectivity index (χ1n) is 4.95. The second-order valence-electron chi connectivity index (χ2n) is 3.46. The molecule has 1 aromatic heterocycles. The molecule has 4 nitrogen and oxygen atoms in total. The minimum atomic E-state index is -1.09. The average Bonchev–Trinajstić information content (AvgIpc) is 2.73. The van der Waals surface area contributed by atoms with E-state index in [0.717, 1.165) is 0 Å². The van der Waals surface area contributed by atoms with Crippen LogP contribution in [0.15, 0.2) is 39.4 Å². The molecule has 0 aliphatic rings. The molecule has 0 bridgehead atoms. The number of ether oxygens (including phenoxy) is 1. The van der Waals surface area contributed by atoms with Crippen molar-refractivity contribution in [1.82, 2.24) is 0 Å². The molecule has 0 amide bonds. The molecule has 2 aromatic rings. The summed E-state index contributed by atoms with van der Waals surface area (Å²) in [7, 11) is 0. The quantitative estimate of drug-likeness (QED) is 0.939. The fraction of sp³-hybridized carbons (Fsp3) is 0.0833. The zero-order chi connectivity index (χ0) is 13.1. The standard InChI is InChI=1S/C12H8BrFO4/c13-7-3-8(14)5-9(4-7)18-6-11-10(12(15)16)1-2-17-11/h1-5H,6H2,(H,15,16). The fourth-order valence-corrected chi connectivity index (χ4v) is 1.85. The van der Waals surface area contributed by atoms with Gasteiger partial charge in [-0.05, 0) is 18.2 Å². The SMILES string of the molecule is O=C(O)c1ccoc1COc1cc(F)cc(Br)c1. The summed E-state index contributed by atoms with van der Waals surface area (Å²) < 4.78 is 23.9. The van der Waals surface area contributed by atoms with Gasteiger partial charge in [-0.3, -0.25) is 0 Å². The predicted molar refractivity (Wildman–Crippen MR) is 64.1 cm³/mol. The monoisotopic (exact) mass is 314 g/mol. The van der Waals surface area contributed by atoms with Gasteiger partial charge in [-0.2, -0.15) is 0 Å². The maximum atomic E-state index is 13.1. The summed E-state index contributed by atoms with van der Waals surface area (Å²) in [5.41, 5.74) is 0.0328. The molecule has 0 fully saturated rings. The number of hydrogen-bond acceptors (Lipinski definition) is 3. The molecule has 0 atom stereocenters. The van der Waals surface area contributed by atoms with Crippen molar-refractivity contribution < 1.29 is 23.4 Å². The van der Waals surface area contributed by atoms with Gasteiger partial charge in [0.05, 0.1) is 6.26 Å². The van der Waals surface area contributed by atoms with Gasteiger partial charge in [-0.1, -0.05) is 15.9 Å². The molecule has 1 N–H and O–H groups in total. The number of hydrogen-bond donors (Lipinski definition) is 1. The van der Waals surface area contributed by atoms with Crippen LogP contribution in [0.4, 0.5) is 4.39 Å². The first-order valence-corrected chi connectivity index (χ1v) is 5.74. The second-order valence-corrected chi connectivity index (χ2v) is 4.37. The highest BCUT2D eigenvalue weighted by Gasteiger charge is 2.13. The molecule has 2 rings (SSSR count). The zero-order valence-corrected chi connectivity index (χ0v) is 10.6. The maximum absolute atomic E-state index is 13.1. The smallest absolute Gasteiger partial charge is 0.339 e. The van der Waals surface area contributed by atoms with E-state index >= 15 is 0 Å². The van der Waals surface area contributed by atoms with Crippen molar-refractivity contribution in [2.24, 2.45) is 0 Å². The Morgan fingerprint density at radius 1 is 1.44 bits per heavy atom. The summed E-state index contributed by atoms with van der Waals surface area (Å²) in [4.78, 5) is 10.8. The lowest BCUT2D eigenvalue weighted by atomic mass is 10.2. The summed E-state index contributed by atoms with van der Waals surface area (Å²) in [5.74, 6) is -1.07. The fourth-order valence-electron chi connectivity index (χ4n) is 1.40. The molecular weight excluding hydrogens is 307 g/mol. The number of aromatic carboxylic acids is 1. The average molecular weight is 315 g/mol. The van der Waals surface area contributed by atoms with E-state index < -0.39 is 11.8 Å². The van der Waals surface area contributed by atoms with E-state index in [4.69, 9.17) is 14.3 Å². The summed E-state index contributed by atoms with van der Waals surface area (Å²) in [6.07, 6.45) is 1.27. The van der Waals surface area contributed by atoms with E-state index in [0.29, 0.717) is 4.47 Å². The van der Waals surface area contributed by atoms with E-state index in [2.05, 4.69) is 15.9 Å². The Morgan fingerprint density at radius 3 is 2.89 bits per heavy atom. The van der Waals surface area contributed by atoms with Crippen LogP contribution in [0.25, 0.3) is 0 Å². The molecule has 1 heterocycles. The Labute approximate surface area is 110 Å². The lowest BCUT2D eigenvalue weighted by Crippen LogP contribution is -2.02. The van der Waals surface area contributed by atoms with E-state index in [1.165, 1.54) is 24.5 Å². The van der Waals surface area contributed by atoms with Gasteiger partial charge in [0.25, 0.3) is 0 Å². The molecule has 6 heteroatoms. The van der Waals surface area contributed by atoms with Crippen molar-refractivity contribution in [1.29, 1.82) is 0 Å². The van der Waals surface area contributed by atoms with Gasteiger partial charge in [0.1, 0.15) is 23.7 Å². The number of halogens is 2. The number of furan rings is 1. The number of carbonyl (C=O) groups is 1. The minimum absolute atomic E-state index is 0.0328. The second kappa shape index (κ2) is 5.22. The highest BCUT2D eigenvalue weighted by atomic mass is 79.9. The van der Waals surface area contributed by atoms with Crippen LogP contribution in [0.1, 0.15) is 16.1 Å². The third kappa shape index (κ3) is 2.89. The van der Waals surface area contributed by atoms with Gasteiger partial charge < -0.3 is 14.3 Å². The van der Waals surface area contributed by atoms with Gasteiger partial charge in [0.15, 0.2) is 5.76 Å². The topological polar surface area (TPSA) is 59.7 Å². The van der Waals surface area contributed by atoms with Gasteiger partial charge in [-0.15, -0.1) is 0 Å². The van der Waals surface area contributed by atoms with Crippen molar-refractivity contribution >= 4 is 21.9 Å². The molecule has 0 aliphatic carbocycles. The minimum Gasteiger partial charge on any atom is -0.485 e. The lowest BCUT2D eigenvalue weighted by Gasteiger charge is -2.05. The van der Waals surface area contributed by atoms with Crippen LogP contribution in [0, 0.1) is 5.82 Å². The maximum Gasteiger partial charge on any atom is 0.339 e. The third-order valence-electron chi connectivity index (χ3n) is 2.18. The number of carboxylic acid groups (broad SMARTS) is 1. The zero-order valence-electron chi connectivity index (χ0n) is 9.02. The lowest BCUT2D eigenvalue weighted by molar-refractivity contribution is 0.0692. The van der Waals surface area contributed by atoms with Crippen LogP contribution in [0.5, 0.6) is 5.75 Å². The Hall–Kier alpha value is -1.82. The Bertz CT molecular complexity index is 559. The number of benzene rings is 1. The van der Waals surface area contributed by atoms with Crippen molar-refractivity contribution in [2.45, 2.75) is 6.61 Å². The van der Waals surface area contributed by atoms with Gasteiger partial charge in [0, 0.05) is 10.5 Å². The predicted octanol–water partition coefficient (Wildman–Crippen LogP) is 3.46. The first kappa shape index (κ1) is 12.6. The first-order chi connectivity index (χ1) is 8.56. The summed E-state index contributed by atoms with van der Waals surface area (Å²) in [5, 5.41) is 8.86. The molecule has 0 radical (unpaired) electrons. The van der Waals surface area contributed by atoms with E-state index in [-0.39, 0.29) is 23.7 Å². The van der Waals surface area contributed by atoms with Crippen LogP contribution < -0.4 is 4.74 Å². The van der Waals surface area contributed by atoms with Crippen LogP contribution in [-0.4, -0.2) is 11.1 Å². The Balaban J connectivity index is 2.11. The summed E-state index contributed by atoms with van der Waals surface area (Å²) >= 11 is 3.13. The largest absolute Gasteiger partial charge is 0.485 e. The van der Waals surface area contributed by atoms with E-state index in [1.54, 1.807) is 6.07 Å². The number of rotatable bonds is 4. The Morgan fingerprint density at radius 2 is 2.22 bits per heavy atom. The van der Waals surface area contributed by atoms with Crippen molar-refractivity contribution in [3.63, 3.8) is 0 Å². The van der Waals surface area contributed by atoms with Crippen LogP contribution in [-0.2, 0) is 6.61 Å². The van der Waals surface area contributed by atoms with Crippen LogP contribution in [0.2, 0.25) is 0 Å². The van der Waals surface area contributed by atoms with Crippen LogP contribution in [0.3, 0.4) is 0 Å². The number of carboxylic acids is 1. The molecule has 0 spiro atoms. The third-order valence-corrected chi connectivity index (χ3v) is 2.64. The molecule has 1 aromatic carbocycles. The van der Waals surface area contributed by atoms with Gasteiger partial charge >= 0.3 is 5.97 Å². The normalized spacial score (nSPS) is 10.3. The molecule has 0 saturated heterocycles. The van der Waals surface area contributed by atoms with E-state index in [9.17, 15) is 9.18 Å². The summed E-state index contributed by atoms with van der Waals surface area (Å²) in [6.45, 7) is -0.0788. The molecule has 94 valence electrons. The van der Waals surface area contributed by atoms with Gasteiger partial charge in [-0.25, -0.2) is 9.18 Å². The highest BCUT2D eigenvalue weighted by Crippen LogP contribution is 2.22. The molecule has 0 unspecified atom stereocenters. The van der Waals surface area contributed by atoms with Crippen molar-refractivity contribution in [2.75, 3.05) is 0 Å². The van der Waals surface area contributed by atoms with Crippen molar-refractivity contribution in [3.8, 4) is 5.75 Å². The van der Waals surface area contributed by atoms with E-state index in [1.807, 2.05) is 0 Å². The van der Waals surface area contributed by atoms with Gasteiger partial charge in [0.2, 0.25) is 0 Å². The molecule has 18 heavy (non-hydrogen) atoms. The molecule has 0 aliphatic heterocycles. The highest BCUT2D eigenvalue weighted by molar-refractivity contribution is 9.10. The molecule has 0 saturated carbocycles.